The maximum Gasteiger partial charge on any atom is 0.269 e. The molecule has 32 heavy (non-hydrogen) atoms. The average Bonchev–Trinajstić information content (AvgIpc) is 2.77. The fraction of sp³-hybridized carbons (Fsp3) is 0.125. The molecular formula is C24H18ClFN2O4. The number of nitriles is 1. The van der Waals surface area contributed by atoms with E-state index in [9.17, 15) is 19.8 Å². The predicted octanol–water partition coefficient (Wildman–Crippen LogP) is 6.43. The van der Waals surface area contributed by atoms with Crippen molar-refractivity contribution < 1.29 is 18.8 Å². The summed E-state index contributed by atoms with van der Waals surface area (Å²) < 4.78 is 25.0. The molecule has 0 radical (unpaired) electrons. The van der Waals surface area contributed by atoms with Crippen LogP contribution in [0.1, 0.15) is 23.6 Å². The van der Waals surface area contributed by atoms with Gasteiger partial charge in [0.2, 0.25) is 0 Å². The molecule has 0 unspecified atom stereocenters. The van der Waals surface area contributed by atoms with Crippen LogP contribution in [0.4, 0.5) is 10.1 Å². The van der Waals surface area contributed by atoms with Crippen LogP contribution in [0.25, 0.3) is 11.6 Å². The highest BCUT2D eigenvalue weighted by Gasteiger charge is 2.14. The first-order valence-electron chi connectivity index (χ1n) is 9.61. The van der Waals surface area contributed by atoms with Crippen LogP contribution >= 0.6 is 11.6 Å². The van der Waals surface area contributed by atoms with E-state index < -0.39 is 10.7 Å². The first kappa shape index (κ1) is 22.8. The van der Waals surface area contributed by atoms with Gasteiger partial charge in [0.25, 0.3) is 5.69 Å². The second-order valence-electron chi connectivity index (χ2n) is 6.66. The minimum atomic E-state index is -0.472. The van der Waals surface area contributed by atoms with Gasteiger partial charge in [0.15, 0.2) is 11.5 Å². The number of hydrogen-bond acceptors (Lipinski definition) is 5. The predicted molar refractivity (Wildman–Crippen MR) is 120 cm³/mol. The summed E-state index contributed by atoms with van der Waals surface area (Å²) in [6, 6.07) is 17.1. The fourth-order valence-electron chi connectivity index (χ4n) is 2.95. The van der Waals surface area contributed by atoms with Gasteiger partial charge in [0, 0.05) is 12.1 Å². The number of rotatable bonds is 8. The molecule has 0 saturated heterocycles. The first-order valence-corrected chi connectivity index (χ1v) is 9.99. The summed E-state index contributed by atoms with van der Waals surface area (Å²) in [5.41, 5.74) is 2.00. The summed E-state index contributed by atoms with van der Waals surface area (Å²) in [5, 5.41) is 20.6. The number of halogens is 2. The maximum atomic E-state index is 13.5. The third-order valence-corrected chi connectivity index (χ3v) is 4.71. The van der Waals surface area contributed by atoms with Gasteiger partial charge in [-0.15, -0.1) is 0 Å². The van der Waals surface area contributed by atoms with Crippen LogP contribution in [0.2, 0.25) is 5.02 Å². The summed E-state index contributed by atoms with van der Waals surface area (Å²) in [6.07, 6.45) is 1.59. The normalized spacial score (nSPS) is 11.0. The van der Waals surface area contributed by atoms with E-state index in [-0.39, 0.29) is 22.9 Å². The van der Waals surface area contributed by atoms with Gasteiger partial charge in [-0.25, -0.2) is 4.39 Å². The van der Waals surface area contributed by atoms with E-state index in [0.29, 0.717) is 29.2 Å². The van der Waals surface area contributed by atoms with Gasteiger partial charge in [0.05, 0.1) is 28.2 Å². The van der Waals surface area contributed by atoms with Crippen molar-refractivity contribution in [2.75, 3.05) is 6.61 Å². The Hall–Kier alpha value is -3.89. The van der Waals surface area contributed by atoms with E-state index in [2.05, 4.69) is 6.07 Å². The lowest BCUT2D eigenvalue weighted by molar-refractivity contribution is -0.384. The van der Waals surface area contributed by atoms with Crippen LogP contribution in [0.5, 0.6) is 11.5 Å². The second-order valence-corrected chi connectivity index (χ2v) is 7.06. The molecule has 0 atom stereocenters. The molecule has 0 heterocycles. The Morgan fingerprint density at radius 1 is 1.19 bits per heavy atom. The standard InChI is InChI=1S/C24H18ClFN2O4/c1-2-31-23-12-17(10-19(14-27)18-4-3-5-20(26)13-18)11-22(25)24(23)32-15-16-6-8-21(9-7-16)28(29)30/h3-13H,2,15H2,1H3/b19-10-. The van der Waals surface area contributed by atoms with Crippen molar-refractivity contribution in [2.45, 2.75) is 13.5 Å². The molecule has 6 nitrogen and oxygen atoms in total. The van der Waals surface area contributed by atoms with Crippen molar-refractivity contribution in [2.24, 2.45) is 0 Å². The van der Waals surface area contributed by atoms with Crippen molar-refractivity contribution in [1.29, 1.82) is 5.26 Å². The Morgan fingerprint density at radius 3 is 2.56 bits per heavy atom. The summed E-state index contributed by atoms with van der Waals surface area (Å²) in [5.74, 6) is 0.254. The number of nitro benzene ring substituents is 1. The SMILES string of the molecule is CCOc1cc(/C=C(/C#N)c2cccc(F)c2)cc(Cl)c1OCc1ccc([N+](=O)[O-])cc1. The molecule has 3 aromatic carbocycles. The fourth-order valence-corrected chi connectivity index (χ4v) is 3.22. The van der Waals surface area contributed by atoms with Crippen LogP contribution < -0.4 is 9.47 Å². The van der Waals surface area contributed by atoms with Crippen LogP contribution in [0.15, 0.2) is 60.7 Å². The monoisotopic (exact) mass is 452 g/mol. The molecule has 0 aliphatic carbocycles. The Bertz CT molecular complexity index is 1200. The molecule has 0 amide bonds. The van der Waals surface area contributed by atoms with Gasteiger partial charge in [0.1, 0.15) is 12.4 Å². The van der Waals surface area contributed by atoms with Crippen molar-refractivity contribution >= 4 is 28.9 Å². The first-order chi connectivity index (χ1) is 15.4. The van der Waals surface area contributed by atoms with Gasteiger partial charge in [-0.05, 0) is 66.1 Å². The van der Waals surface area contributed by atoms with Crippen LogP contribution in [0.3, 0.4) is 0 Å². The zero-order chi connectivity index (χ0) is 23.1. The molecule has 162 valence electrons. The molecule has 0 aromatic heterocycles. The number of benzene rings is 3. The topological polar surface area (TPSA) is 85.4 Å². The molecule has 0 bridgehead atoms. The minimum absolute atomic E-state index is 0.00970. The minimum Gasteiger partial charge on any atom is -0.490 e. The number of nitrogens with zero attached hydrogens (tertiary/aromatic N) is 2. The Kier molecular flexibility index (Phi) is 7.42. The molecule has 3 rings (SSSR count). The van der Waals surface area contributed by atoms with Crippen molar-refractivity contribution in [3.05, 3.63) is 98.3 Å². The van der Waals surface area contributed by atoms with Crippen molar-refractivity contribution in [3.63, 3.8) is 0 Å². The molecule has 0 fully saturated rings. The Labute approximate surface area is 189 Å². The Morgan fingerprint density at radius 2 is 1.94 bits per heavy atom. The number of non-ortho nitro benzene ring substituents is 1. The van der Waals surface area contributed by atoms with Crippen molar-refractivity contribution in [3.8, 4) is 17.6 Å². The van der Waals surface area contributed by atoms with E-state index in [1.807, 2.05) is 6.92 Å². The second kappa shape index (κ2) is 10.4. The van der Waals surface area contributed by atoms with Gasteiger partial charge in [-0.2, -0.15) is 5.26 Å². The van der Waals surface area contributed by atoms with Gasteiger partial charge in [-0.1, -0.05) is 23.7 Å². The van der Waals surface area contributed by atoms with E-state index >= 15 is 0 Å². The highest BCUT2D eigenvalue weighted by atomic mass is 35.5. The molecule has 3 aromatic rings. The maximum absolute atomic E-state index is 13.5. The Balaban J connectivity index is 1.88. The number of hydrogen-bond donors (Lipinski definition) is 0. The summed E-state index contributed by atoms with van der Waals surface area (Å²) in [4.78, 5) is 10.3. The molecule has 0 N–H and O–H groups in total. The van der Waals surface area contributed by atoms with E-state index in [0.717, 1.165) is 5.56 Å². The van der Waals surface area contributed by atoms with E-state index in [4.69, 9.17) is 21.1 Å². The van der Waals surface area contributed by atoms with Crippen molar-refractivity contribution in [1.82, 2.24) is 0 Å². The van der Waals surface area contributed by atoms with Gasteiger partial charge in [-0.3, -0.25) is 10.1 Å². The van der Waals surface area contributed by atoms with E-state index in [1.165, 1.54) is 30.3 Å². The summed E-state index contributed by atoms with van der Waals surface area (Å²) >= 11 is 6.43. The van der Waals surface area contributed by atoms with Crippen LogP contribution in [-0.4, -0.2) is 11.5 Å². The summed E-state index contributed by atoms with van der Waals surface area (Å²) in [7, 11) is 0. The number of nitro groups is 1. The highest BCUT2D eigenvalue weighted by Crippen LogP contribution is 2.38. The molecule has 0 aliphatic rings. The number of allylic oxidation sites excluding steroid dienone is 1. The molecule has 0 spiro atoms. The molecule has 0 aliphatic heterocycles. The van der Waals surface area contributed by atoms with Crippen LogP contribution in [-0.2, 0) is 6.61 Å². The quantitative estimate of drug-likeness (QED) is 0.170. The third kappa shape index (κ3) is 5.62. The van der Waals surface area contributed by atoms with Gasteiger partial charge >= 0.3 is 0 Å². The lowest BCUT2D eigenvalue weighted by atomic mass is 10.0. The zero-order valence-electron chi connectivity index (χ0n) is 17.0. The smallest absolute Gasteiger partial charge is 0.269 e. The molecular weight excluding hydrogens is 435 g/mol. The lowest BCUT2D eigenvalue weighted by Crippen LogP contribution is -2.01. The largest absolute Gasteiger partial charge is 0.490 e. The highest BCUT2D eigenvalue weighted by molar-refractivity contribution is 6.32. The third-order valence-electron chi connectivity index (χ3n) is 4.43. The lowest BCUT2D eigenvalue weighted by Gasteiger charge is -2.15. The van der Waals surface area contributed by atoms with E-state index in [1.54, 1.807) is 36.4 Å². The summed E-state index contributed by atoms with van der Waals surface area (Å²) in [6.45, 7) is 2.29. The molecule has 8 heteroatoms. The molecule has 0 saturated carbocycles. The zero-order valence-corrected chi connectivity index (χ0v) is 17.8. The average molecular weight is 453 g/mol. The van der Waals surface area contributed by atoms with Gasteiger partial charge < -0.3 is 9.47 Å². The van der Waals surface area contributed by atoms with Crippen LogP contribution in [0, 0.1) is 27.3 Å². The number of ether oxygens (including phenoxy) is 2.